The van der Waals surface area contributed by atoms with E-state index < -0.39 is 16.9 Å². The lowest BCUT2D eigenvalue weighted by Crippen LogP contribution is -2.41. The number of nitro benzene ring substituents is 1. The standard InChI is InChI=1S/C20H23N3O4/c1-13(21-19(25)14-6-5-7-17(12-14)23(26)27)18(24)22-16-10-8-15(9-11-16)20(2,3)4/h5-13H,1-4H3,(H,21,25)(H,22,24). The number of hydrogen-bond donors (Lipinski definition) is 2. The maximum absolute atomic E-state index is 12.3. The van der Waals surface area contributed by atoms with Gasteiger partial charge in [0.05, 0.1) is 4.92 Å². The molecular weight excluding hydrogens is 346 g/mol. The Balaban J connectivity index is 2.00. The Morgan fingerprint density at radius 2 is 1.70 bits per heavy atom. The zero-order valence-electron chi connectivity index (χ0n) is 15.8. The number of nitrogens with one attached hydrogen (secondary N) is 2. The molecule has 7 heteroatoms. The van der Waals surface area contributed by atoms with Crippen molar-refractivity contribution in [2.24, 2.45) is 0 Å². The highest BCUT2D eigenvalue weighted by Gasteiger charge is 2.19. The molecule has 142 valence electrons. The fourth-order valence-corrected chi connectivity index (χ4v) is 2.41. The van der Waals surface area contributed by atoms with E-state index in [0.717, 1.165) is 5.56 Å². The summed E-state index contributed by atoms with van der Waals surface area (Å²) in [5, 5.41) is 16.1. The van der Waals surface area contributed by atoms with Crippen molar-refractivity contribution in [2.75, 3.05) is 5.32 Å². The van der Waals surface area contributed by atoms with Crippen LogP contribution in [0.4, 0.5) is 11.4 Å². The number of non-ortho nitro benzene ring substituents is 1. The van der Waals surface area contributed by atoms with Crippen LogP contribution in [0.5, 0.6) is 0 Å². The van der Waals surface area contributed by atoms with E-state index >= 15 is 0 Å². The molecule has 0 saturated carbocycles. The monoisotopic (exact) mass is 369 g/mol. The van der Waals surface area contributed by atoms with Crippen molar-refractivity contribution in [1.82, 2.24) is 5.32 Å². The van der Waals surface area contributed by atoms with Gasteiger partial charge in [-0.15, -0.1) is 0 Å². The zero-order valence-corrected chi connectivity index (χ0v) is 15.8. The summed E-state index contributed by atoms with van der Waals surface area (Å²) in [7, 11) is 0. The first-order valence-corrected chi connectivity index (χ1v) is 8.54. The minimum Gasteiger partial charge on any atom is -0.341 e. The molecule has 0 bridgehead atoms. The van der Waals surface area contributed by atoms with Crippen LogP contribution >= 0.6 is 0 Å². The first kappa shape index (κ1) is 20.1. The van der Waals surface area contributed by atoms with Crippen molar-refractivity contribution < 1.29 is 14.5 Å². The molecule has 7 nitrogen and oxygen atoms in total. The molecule has 2 rings (SSSR count). The molecule has 1 atom stereocenters. The van der Waals surface area contributed by atoms with E-state index in [-0.39, 0.29) is 22.6 Å². The molecule has 2 aromatic carbocycles. The summed E-state index contributed by atoms with van der Waals surface area (Å²) in [4.78, 5) is 34.8. The molecule has 0 aromatic heterocycles. The Morgan fingerprint density at radius 3 is 2.26 bits per heavy atom. The average molecular weight is 369 g/mol. The molecule has 27 heavy (non-hydrogen) atoms. The van der Waals surface area contributed by atoms with Gasteiger partial charge in [-0.25, -0.2) is 0 Å². The number of amides is 2. The van der Waals surface area contributed by atoms with Gasteiger partial charge < -0.3 is 10.6 Å². The summed E-state index contributed by atoms with van der Waals surface area (Å²) in [6, 6.07) is 12.1. The Labute approximate surface area is 157 Å². The van der Waals surface area contributed by atoms with E-state index in [9.17, 15) is 19.7 Å². The molecule has 0 fully saturated rings. The molecule has 0 spiro atoms. The Hall–Kier alpha value is -3.22. The summed E-state index contributed by atoms with van der Waals surface area (Å²) in [6.07, 6.45) is 0. The Morgan fingerprint density at radius 1 is 1.07 bits per heavy atom. The number of nitro groups is 1. The zero-order chi connectivity index (χ0) is 20.2. The predicted molar refractivity (Wildman–Crippen MR) is 104 cm³/mol. The van der Waals surface area contributed by atoms with E-state index in [1.165, 1.54) is 24.3 Å². The van der Waals surface area contributed by atoms with Crippen molar-refractivity contribution in [1.29, 1.82) is 0 Å². The molecule has 2 aromatic rings. The lowest BCUT2D eigenvalue weighted by atomic mass is 9.87. The van der Waals surface area contributed by atoms with Gasteiger partial charge in [-0.2, -0.15) is 0 Å². The highest BCUT2D eigenvalue weighted by Crippen LogP contribution is 2.23. The van der Waals surface area contributed by atoms with E-state index in [2.05, 4.69) is 31.4 Å². The van der Waals surface area contributed by atoms with Crippen LogP contribution in [0.25, 0.3) is 0 Å². The van der Waals surface area contributed by atoms with Gasteiger partial charge in [-0.1, -0.05) is 39.0 Å². The van der Waals surface area contributed by atoms with Crippen molar-refractivity contribution in [3.8, 4) is 0 Å². The Kier molecular flexibility index (Phi) is 5.95. The third-order valence-corrected chi connectivity index (χ3v) is 4.08. The molecule has 0 aliphatic carbocycles. The average Bonchev–Trinajstić information content (AvgIpc) is 2.61. The summed E-state index contributed by atoms with van der Waals surface area (Å²) in [5.41, 5.74) is 1.73. The molecule has 0 saturated heterocycles. The lowest BCUT2D eigenvalue weighted by Gasteiger charge is -2.19. The number of benzene rings is 2. The normalized spacial score (nSPS) is 12.1. The van der Waals surface area contributed by atoms with Crippen LogP contribution in [0, 0.1) is 10.1 Å². The number of hydrogen-bond acceptors (Lipinski definition) is 4. The number of carbonyl (C=O) groups excluding carboxylic acids is 2. The van der Waals surface area contributed by atoms with Crippen LogP contribution in [0.1, 0.15) is 43.6 Å². The molecule has 2 N–H and O–H groups in total. The Bertz CT molecular complexity index is 854. The van der Waals surface area contributed by atoms with Gasteiger partial charge in [0, 0.05) is 23.4 Å². The molecule has 0 aliphatic rings. The molecule has 0 aliphatic heterocycles. The fourth-order valence-electron chi connectivity index (χ4n) is 2.41. The molecule has 1 unspecified atom stereocenters. The second-order valence-electron chi connectivity index (χ2n) is 7.32. The maximum atomic E-state index is 12.3. The van der Waals surface area contributed by atoms with Gasteiger partial charge in [-0.05, 0) is 36.1 Å². The summed E-state index contributed by atoms with van der Waals surface area (Å²) < 4.78 is 0. The van der Waals surface area contributed by atoms with Gasteiger partial charge in [0.15, 0.2) is 0 Å². The minimum absolute atomic E-state index is 0.0160. The number of anilines is 1. The van der Waals surface area contributed by atoms with Crippen LogP contribution in [-0.4, -0.2) is 22.8 Å². The molecular formula is C20H23N3O4. The first-order valence-electron chi connectivity index (χ1n) is 8.54. The highest BCUT2D eigenvalue weighted by molar-refractivity contribution is 6.01. The quantitative estimate of drug-likeness (QED) is 0.620. The molecule has 0 heterocycles. The van der Waals surface area contributed by atoms with E-state index in [1.807, 2.05) is 24.3 Å². The van der Waals surface area contributed by atoms with Crippen LogP contribution < -0.4 is 10.6 Å². The molecule has 2 amide bonds. The number of rotatable bonds is 5. The largest absolute Gasteiger partial charge is 0.341 e. The fraction of sp³-hybridized carbons (Fsp3) is 0.300. The van der Waals surface area contributed by atoms with Gasteiger partial charge in [0.1, 0.15) is 6.04 Å². The van der Waals surface area contributed by atoms with E-state index in [4.69, 9.17) is 0 Å². The summed E-state index contributed by atoms with van der Waals surface area (Å²) in [6.45, 7) is 7.86. The lowest BCUT2D eigenvalue weighted by molar-refractivity contribution is -0.384. The second-order valence-corrected chi connectivity index (χ2v) is 7.32. The smallest absolute Gasteiger partial charge is 0.270 e. The predicted octanol–water partition coefficient (Wildman–Crippen LogP) is 3.65. The SMILES string of the molecule is CC(NC(=O)c1cccc([N+](=O)[O-])c1)C(=O)Nc1ccc(C(C)(C)C)cc1. The van der Waals surface area contributed by atoms with Crippen LogP contribution in [0.2, 0.25) is 0 Å². The number of carbonyl (C=O) groups is 2. The van der Waals surface area contributed by atoms with Crippen molar-refractivity contribution >= 4 is 23.2 Å². The topological polar surface area (TPSA) is 101 Å². The van der Waals surface area contributed by atoms with Crippen molar-refractivity contribution in [3.63, 3.8) is 0 Å². The van der Waals surface area contributed by atoms with Crippen molar-refractivity contribution in [2.45, 2.75) is 39.2 Å². The van der Waals surface area contributed by atoms with Gasteiger partial charge in [0.2, 0.25) is 5.91 Å². The van der Waals surface area contributed by atoms with E-state index in [0.29, 0.717) is 5.69 Å². The number of nitrogens with zero attached hydrogens (tertiary/aromatic N) is 1. The van der Waals surface area contributed by atoms with E-state index in [1.54, 1.807) is 6.92 Å². The van der Waals surface area contributed by atoms with Crippen molar-refractivity contribution in [3.05, 3.63) is 69.8 Å². The van der Waals surface area contributed by atoms with Crippen LogP contribution in [0.15, 0.2) is 48.5 Å². The minimum atomic E-state index is -0.806. The summed E-state index contributed by atoms with van der Waals surface area (Å²) in [5.74, 6) is -0.929. The second kappa shape index (κ2) is 7.99. The first-order chi connectivity index (χ1) is 12.6. The maximum Gasteiger partial charge on any atom is 0.270 e. The van der Waals surface area contributed by atoms with Crippen LogP contribution in [-0.2, 0) is 10.2 Å². The van der Waals surface area contributed by atoms with Crippen LogP contribution in [0.3, 0.4) is 0 Å². The summed E-state index contributed by atoms with van der Waals surface area (Å²) >= 11 is 0. The van der Waals surface area contributed by atoms with Gasteiger partial charge >= 0.3 is 0 Å². The third-order valence-electron chi connectivity index (χ3n) is 4.08. The van der Waals surface area contributed by atoms with Gasteiger partial charge in [0.25, 0.3) is 11.6 Å². The third kappa shape index (κ3) is 5.37. The van der Waals surface area contributed by atoms with Gasteiger partial charge in [-0.3, -0.25) is 19.7 Å². The molecule has 0 radical (unpaired) electrons. The highest BCUT2D eigenvalue weighted by atomic mass is 16.6.